The summed E-state index contributed by atoms with van der Waals surface area (Å²) in [6, 6.07) is 6.10. The predicted molar refractivity (Wildman–Crippen MR) is 143 cm³/mol. The quantitative estimate of drug-likeness (QED) is 0.418. The molecule has 1 fully saturated rings. The van der Waals surface area contributed by atoms with Gasteiger partial charge in [0.05, 0.1) is 0 Å². The molecule has 1 aliphatic carbocycles. The lowest BCUT2D eigenvalue weighted by Crippen LogP contribution is -2.55. The highest BCUT2D eigenvalue weighted by Gasteiger charge is 2.48. The molecule has 0 spiro atoms. The Labute approximate surface area is 217 Å². The van der Waals surface area contributed by atoms with Crippen molar-refractivity contribution in [1.29, 1.82) is 0 Å². The first-order chi connectivity index (χ1) is 16.7. The summed E-state index contributed by atoms with van der Waals surface area (Å²) in [5.74, 6) is 0.0129. The Morgan fingerprint density at radius 1 is 1.11 bits per heavy atom. The fourth-order valence-corrected chi connectivity index (χ4v) is 4.63. The molecule has 202 valence electrons. The van der Waals surface area contributed by atoms with Crippen molar-refractivity contribution >= 4 is 17.9 Å². The molecule has 2 rings (SSSR count). The third-order valence-corrected chi connectivity index (χ3v) is 6.49. The van der Waals surface area contributed by atoms with E-state index in [9.17, 15) is 14.4 Å². The van der Waals surface area contributed by atoms with Crippen LogP contribution in [0.5, 0.6) is 0 Å². The lowest BCUT2D eigenvalue weighted by Gasteiger charge is -2.36. The Hall–Kier alpha value is -2.57. The van der Waals surface area contributed by atoms with Gasteiger partial charge in [0, 0.05) is 12.1 Å². The average molecular weight is 502 g/mol. The van der Waals surface area contributed by atoms with Gasteiger partial charge in [-0.2, -0.15) is 0 Å². The number of ether oxygens (including phenoxy) is 1. The first-order valence-corrected chi connectivity index (χ1v) is 13.4. The summed E-state index contributed by atoms with van der Waals surface area (Å²) in [5, 5.41) is 5.97. The molecule has 0 bridgehead atoms. The number of nitrogens with zero attached hydrogens (tertiary/aromatic N) is 1. The molecule has 0 radical (unpaired) electrons. The molecular weight excluding hydrogens is 454 g/mol. The lowest BCUT2D eigenvalue weighted by atomic mass is 9.96. The van der Waals surface area contributed by atoms with Crippen molar-refractivity contribution < 1.29 is 19.1 Å². The van der Waals surface area contributed by atoms with Crippen molar-refractivity contribution in [2.24, 2.45) is 11.8 Å². The fraction of sp³-hybridized carbons (Fsp3) is 0.690. The molecule has 1 aromatic carbocycles. The first-order valence-electron chi connectivity index (χ1n) is 13.4. The number of alkyl carbamates (subject to hydrolysis) is 1. The van der Waals surface area contributed by atoms with E-state index in [1.54, 1.807) is 25.7 Å². The minimum atomic E-state index is -0.792. The number of aryl methyl sites for hydroxylation is 1. The largest absolute Gasteiger partial charge is 0.444 e. The van der Waals surface area contributed by atoms with Crippen LogP contribution >= 0.6 is 0 Å². The van der Waals surface area contributed by atoms with Gasteiger partial charge in [0.15, 0.2) is 0 Å². The second-order valence-electron chi connectivity index (χ2n) is 11.8. The SMILES string of the molecule is CCCC(C)NC(=O)C(c1ccccc1C)N(C(=O)C(CC(C)C)NC(=O)OC(C)(C)C)C1CC1C. The molecule has 7 nitrogen and oxygen atoms in total. The van der Waals surface area contributed by atoms with Gasteiger partial charge in [0.25, 0.3) is 0 Å². The maximum atomic E-state index is 14.2. The van der Waals surface area contributed by atoms with Crippen LogP contribution < -0.4 is 10.6 Å². The third kappa shape index (κ3) is 8.52. The molecule has 0 saturated heterocycles. The number of hydrogen-bond acceptors (Lipinski definition) is 4. The molecule has 0 aromatic heterocycles. The third-order valence-electron chi connectivity index (χ3n) is 6.49. The predicted octanol–water partition coefficient (Wildman–Crippen LogP) is 5.52. The van der Waals surface area contributed by atoms with Gasteiger partial charge in [0.1, 0.15) is 17.7 Å². The topological polar surface area (TPSA) is 87.7 Å². The van der Waals surface area contributed by atoms with E-state index in [2.05, 4.69) is 24.5 Å². The molecule has 5 atom stereocenters. The highest BCUT2D eigenvalue weighted by Crippen LogP contribution is 2.41. The standard InChI is InChI=1S/C29H47N3O4/c1-10-13-21(6)30-26(33)25(22-15-12-11-14-19(22)4)32(24-17-20(24)5)27(34)23(16-18(2)3)31-28(35)36-29(7,8)9/h11-12,14-15,18,20-21,23-25H,10,13,16-17H2,1-9H3,(H,30,33)(H,31,35). The Morgan fingerprint density at radius 3 is 2.22 bits per heavy atom. The van der Waals surface area contributed by atoms with Crippen LogP contribution in [0.2, 0.25) is 0 Å². The molecule has 1 aliphatic rings. The van der Waals surface area contributed by atoms with Crippen molar-refractivity contribution in [3.63, 3.8) is 0 Å². The molecule has 1 aromatic rings. The smallest absolute Gasteiger partial charge is 0.408 e. The second-order valence-corrected chi connectivity index (χ2v) is 11.8. The van der Waals surface area contributed by atoms with Crippen LogP contribution in [0.15, 0.2) is 24.3 Å². The number of carbonyl (C=O) groups excluding carboxylic acids is 3. The van der Waals surface area contributed by atoms with Crippen LogP contribution in [0.1, 0.15) is 98.2 Å². The van der Waals surface area contributed by atoms with Gasteiger partial charge in [-0.05, 0) is 76.8 Å². The molecule has 7 heteroatoms. The van der Waals surface area contributed by atoms with E-state index >= 15 is 0 Å². The van der Waals surface area contributed by atoms with E-state index in [-0.39, 0.29) is 35.7 Å². The zero-order valence-electron chi connectivity index (χ0n) is 23.7. The van der Waals surface area contributed by atoms with E-state index < -0.39 is 23.8 Å². The Bertz CT molecular complexity index is 908. The summed E-state index contributed by atoms with van der Waals surface area (Å²) in [6.07, 6.45) is 2.46. The summed E-state index contributed by atoms with van der Waals surface area (Å²) in [7, 11) is 0. The Kier molecular flexibility index (Phi) is 10.4. The first kappa shape index (κ1) is 29.7. The van der Waals surface area contributed by atoms with E-state index in [0.29, 0.717) is 6.42 Å². The molecule has 1 saturated carbocycles. The van der Waals surface area contributed by atoms with Gasteiger partial charge < -0.3 is 20.3 Å². The van der Waals surface area contributed by atoms with Crippen molar-refractivity contribution in [3.8, 4) is 0 Å². The van der Waals surface area contributed by atoms with Crippen molar-refractivity contribution in [3.05, 3.63) is 35.4 Å². The van der Waals surface area contributed by atoms with Crippen LogP contribution in [-0.4, -0.2) is 46.5 Å². The molecule has 3 amide bonds. The molecule has 0 heterocycles. The number of benzene rings is 1. The Balaban J connectivity index is 2.50. The van der Waals surface area contributed by atoms with Gasteiger partial charge >= 0.3 is 6.09 Å². The van der Waals surface area contributed by atoms with Gasteiger partial charge in [0.2, 0.25) is 11.8 Å². The van der Waals surface area contributed by atoms with Crippen LogP contribution in [-0.2, 0) is 14.3 Å². The van der Waals surface area contributed by atoms with Gasteiger partial charge in [-0.25, -0.2) is 4.79 Å². The number of rotatable bonds is 11. The highest BCUT2D eigenvalue weighted by atomic mass is 16.6. The summed E-state index contributed by atoms with van der Waals surface area (Å²) in [5.41, 5.74) is 1.08. The van der Waals surface area contributed by atoms with Crippen LogP contribution in [0, 0.1) is 18.8 Å². The fourth-order valence-electron chi connectivity index (χ4n) is 4.63. The summed E-state index contributed by atoms with van der Waals surface area (Å²) in [4.78, 5) is 42.5. The van der Waals surface area contributed by atoms with Crippen molar-refractivity contribution in [2.75, 3.05) is 0 Å². The Morgan fingerprint density at radius 2 is 1.72 bits per heavy atom. The summed E-state index contributed by atoms with van der Waals surface area (Å²) < 4.78 is 5.47. The maximum absolute atomic E-state index is 14.2. The lowest BCUT2D eigenvalue weighted by molar-refractivity contribution is -0.144. The molecule has 2 N–H and O–H groups in total. The van der Waals surface area contributed by atoms with Crippen LogP contribution in [0.3, 0.4) is 0 Å². The highest BCUT2D eigenvalue weighted by molar-refractivity contribution is 5.93. The monoisotopic (exact) mass is 501 g/mol. The summed E-state index contributed by atoms with van der Waals surface area (Å²) in [6.45, 7) is 17.5. The van der Waals surface area contributed by atoms with Gasteiger partial charge in [-0.1, -0.05) is 58.4 Å². The summed E-state index contributed by atoms with van der Waals surface area (Å²) >= 11 is 0. The minimum Gasteiger partial charge on any atom is -0.444 e. The van der Waals surface area contributed by atoms with Crippen LogP contribution in [0.4, 0.5) is 4.79 Å². The zero-order chi connectivity index (χ0) is 27.2. The van der Waals surface area contributed by atoms with Crippen molar-refractivity contribution in [1.82, 2.24) is 15.5 Å². The van der Waals surface area contributed by atoms with Gasteiger partial charge in [-0.15, -0.1) is 0 Å². The molecular formula is C29H47N3O4. The second kappa shape index (κ2) is 12.6. The number of hydrogen-bond donors (Lipinski definition) is 2. The van der Waals surface area contributed by atoms with E-state index in [4.69, 9.17) is 4.74 Å². The van der Waals surface area contributed by atoms with Crippen LogP contribution in [0.25, 0.3) is 0 Å². The zero-order valence-corrected chi connectivity index (χ0v) is 23.7. The number of carbonyl (C=O) groups is 3. The van der Waals surface area contributed by atoms with E-state index in [1.807, 2.05) is 52.0 Å². The van der Waals surface area contributed by atoms with Gasteiger partial charge in [-0.3, -0.25) is 9.59 Å². The minimum absolute atomic E-state index is 0.00561. The normalized spacial score (nSPS) is 19.7. The van der Waals surface area contributed by atoms with Crippen molar-refractivity contribution in [2.45, 2.75) is 118 Å². The maximum Gasteiger partial charge on any atom is 0.408 e. The van der Waals surface area contributed by atoms with E-state index in [0.717, 1.165) is 30.4 Å². The molecule has 5 unspecified atom stereocenters. The molecule has 0 aliphatic heterocycles. The number of amides is 3. The van der Waals surface area contributed by atoms with E-state index in [1.165, 1.54) is 0 Å². The molecule has 36 heavy (non-hydrogen) atoms. The number of nitrogens with one attached hydrogen (secondary N) is 2. The average Bonchev–Trinajstić information content (AvgIpc) is 3.45.